The second-order valence-corrected chi connectivity index (χ2v) is 5.71. The summed E-state index contributed by atoms with van der Waals surface area (Å²) in [5.41, 5.74) is 1.80. The van der Waals surface area contributed by atoms with Crippen LogP contribution in [-0.4, -0.2) is 16.0 Å². The number of aromatic carboxylic acids is 1. The Morgan fingerprint density at radius 2 is 1.86 bits per heavy atom. The molecule has 2 aromatic rings. The van der Waals surface area contributed by atoms with Crippen LogP contribution in [0.5, 0.6) is 0 Å². The molecule has 108 valence electrons. The Morgan fingerprint density at radius 3 is 2.43 bits per heavy atom. The first kappa shape index (κ1) is 15.1. The maximum Gasteiger partial charge on any atom is 0.335 e. The lowest BCUT2D eigenvalue weighted by molar-refractivity contribution is -0.385. The van der Waals surface area contributed by atoms with Crippen LogP contribution < -0.4 is 0 Å². The van der Waals surface area contributed by atoms with E-state index in [9.17, 15) is 14.9 Å². The normalized spacial score (nSPS) is 10.4. The molecule has 2 aromatic carbocycles. The molecule has 6 heteroatoms. The minimum Gasteiger partial charge on any atom is -0.478 e. The smallest absolute Gasteiger partial charge is 0.335 e. The number of carbonyl (C=O) groups is 1. The Morgan fingerprint density at radius 1 is 1.14 bits per heavy atom. The third-order valence-corrected chi connectivity index (χ3v) is 4.20. The Bertz CT molecular complexity index is 728. The SMILES string of the molecule is Cc1cc([N+](=O)[O-])ccc1Sc1ccc(C)c(C(=O)O)c1. The van der Waals surface area contributed by atoms with Crippen LogP contribution in [0.2, 0.25) is 0 Å². The van der Waals surface area contributed by atoms with Crippen LogP contribution in [-0.2, 0) is 0 Å². The highest BCUT2D eigenvalue weighted by molar-refractivity contribution is 7.99. The monoisotopic (exact) mass is 303 g/mol. The van der Waals surface area contributed by atoms with Gasteiger partial charge in [0.05, 0.1) is 10.5 Å². The highest BCUT2D eigenvalue weighted by atomic mass is 32.2. The number of non-ortho nitro benzene ring substituents is 1. The molecule has 0 aliphatic rings. The van der Waals surface area contributed by atoms with Crippen molar-refractivity contribution < 1.29 is 14.8 Å². The van der Waals surface area contributed by atoms with E-state index < -0.39 is 10.9 Å². The Balaban J connectivity index is 2.32. The van der Waals surface area contributed by atoms with Gasteiger partial charge in [-0.15, -0.1) is 0 Å². The van der Waals surface area contributed by atoms with Crippen molar-refractivity contribution in [3.05, 3.63) is 63.2 Å². The molecular weight excluding hydrogens is 290 g/mol. The van der Waals surface area contributed by atoms with Gasteiger partial charge >= 0.3 is 5.97 Å². The van der Waals surface area contributed by atoms with Crippen LogP contribution >= 0.6 is 11.8 Å². The number of rotatable bonds is 4. The second kappa shape index (κ2) is 5.97. The molecule has 0 aromatic heterocycles. The molecule has 0 fully saturated rings. The Labute approximate surface area is 125 Å². The van der Waals surface area contributed by atoms with Gasteiger partial charge in [0, 0.05) is 21.9 Å². The maximum absolute atomic E-state index is 11.1. The fourth-order valence-electron chi connectivity index (χ4n) is 1.88. The molecule has 0 aliphatic heterocycles. The fourth-order valence-corrected chi connectivity index (χ4v) is 2.81. The van der Waals surface area contributed by atoms with E-state index in [0.29, 0.717) is 5.56 Å². The number of nitro groups is 1. The molecule has 0 atom stereocenters. The fraction of sp³-hybridized carbons (Fsp3) is 0.133. The number of aryl methyl sites for hydroxylation is 2. The summed E-state index contributed by atoms with van der Waals surface area (Å²) in [6.07, 6.45) is 0. The maximum atomic E-state index is 11.1. The Kier molecular flexibility index (Phi) is 4.28. The standard InChI is InChI=1S/C15H13NO4S/c1-9-3-5-12(8-13(9)15(17)18)21-14-6-4-11(16(19)20)7-10(14)2/h3-8H,1-2H3,(H,17,18). The summed E-state index contributed by atoms with van der Waals surface area (Å²) in [4.78, 5) is 23.1. The highest BCUT2D eigenvalue weighted by Gasteiger charge is 2.11. The molecular formula is C15H13NO4S. The third-order valence-electron chi connectivity index (χ3n) is 3.04. The van der Waals surface area contributed by atoms with Gasteiger partial charge in [0.2, 0.25) is 0 Å². The zero-order valence-corrected chi connectivity index (χ0v) is 12.3. The van der Waals surface area contributed by atoms with E-state index in [1.165, 1.54) is 23.9 Å². The van der Waals surface area contributed by atoms with Crippen molar-refractivity contribution in [3.63, 3.8) is 0 Å². The summed E-state index contributed by atoms with van der Waals surface area (Å²) < 4.78 is 0. The van der Waals surface area contributed by atoms with Gasteiger partial charge in [-0.2, -0.15) is 0 Å². The molecule has 0 spiro atoms. The largest absolute Gasteiger partial charge is 0.478 e. The van der Waals surface area contributed by atoms with E-state index in [1.54, 1.807) is 32.0 Å². The van der Waals surface area contributed by atoms with E-state index in [4.69, 9.17) is 5.11 Å². The first-order valence-corrected chi connectivity index (χ1v) is 6.97. The average Bonchev–Trinajstić information content (AvgIpc) is 2.42. The number of benzene rings is 2. The number of hydrogen-bond acceptors (Lipinski definition) is 4. The molecule has 0 saturated heterocycles. The number of nitro benzene ring substituents is 1. The van der Waals surface area contributed by atoms with Gasteiger partial charge in [-0.25, -0.2) is 4.79 Å². The molecule has 0 amide bonds. The van der Waals surface area contributed by atoms with Gasteiger partial charge in [-0.05, 0) is 43.2 Å². The van der Waals surface area contributed by atoms with Crippen LogP contribution in [0.25, 0.3) is 0 Å². The summed E-state index contributed by atoms with van der Waals surface area (Å²) in [6.45, 7) is 3.54. The van der Waals surface area contributed by atoms with Crippen molar-refractivity contribution in [2.45, 2.75) is 23.6 Å². The first-order chi connectivity index (χ1) is 9.88. The molecule has 5 nitrogen and oxygen atoms in total. The van der Waals surface area contributed by atoms with E-state index >= 15 is 0 Å². The van der Waals surface area contributed by atoms with Crippen molar-refractivity contribution in [1.29, 1.82) is 0 Å². The van der Waals surface area contributed by atoms with Crippen LogP contribution in [0.15, 0.2) is 46.2 Å². The van der Waals surface area contributed by atoms with Gasteiger partial charge in [0.15, 0.2) is 0 Å². The summed E-state index contributed by atoms with van der Waals surface area (Å²) in [5, 5.41) is 19.8. The summed E-state index contributed by atoms with van der Waals surface area (Å²) >= 11 is 1.39. The summed E-state index contributed by atoms with van der Waals surface area (Å²) in [5.74, 6) is -0.963. The zero-order chi connectivity index (χ0) is 15.6. The topological polar surface area (TPSA) is 80.4 Å². The van der Waals surface area contributed by atoms with Gasteiger partial charge in [0.25, 0.3) is 5.69 Å². The van der Waals surface area contributed by atoms with Crippen molar-refractivity contribution in [2.75, 3.05) is 0 Å². The van der Waals surface area contributed by atoms with Gasteiger partial charge in [-0.3, -0.25) is 10.1 Å². The number of carboxylic acid groups (broad SMARTS) is 1. The molecule has 21 heavy (non-hydrogen) atoms. The molecule has 0 unspecified atom stereocenters. The van der Waals surface area contributed by atoms with Gasteiger partial charge in [-0.1, -0.05) is 17.8 Å². The summed E-state index contributed by atoms with van der Waals surface area (Å²) in [7, 11) is 0. The number of nitrogens with zero attached hydrogens (tertiary/aromatic N) is 1. The first-order valence-electron chi connectivity index (χ1n) is 6.15. The highest BCUT2D eigenvalue weighted by Crippen LogP contribution is 2.33. The van der Waals surface area contributed by atoms with Crippen molar-refractivity contribution in [2.24, 2.45) is 0 Å². The minimum atomic E-state index is -0.963. The van der Waals surface area contributed by atoms with Crippen molar-refractivity contribution >= 4 is 23.4 Å². The number of carboxylic acids is 1. The van der Waals surface area contributed by atoms with Crippen LogP contribution in [0.1, 0.15) is 21.5 Å². The lowest BCUT2D eigenvalue weighted by Gasteiger charge is -2.07. The molecule has 0 bridgehead atoms. The zero-order valence-electron chi connectivity index (χ0n) is 11.5. The van der Waals surface area contributed by atoms with Crippen molar-refractivity contribution in [3.8, 4) is 0 Å². The lowest BCUT2D eigenvalue weighted by atomic mass is 10.1. The van der Waals surface area contributed by atoms with Gasteiger partial charge < -0.3 is 5.11 Å². The predicted molar refractivity (Wildman–Crippen MR) is 80.1 cm³/mol. The summed E-state index contributed by atoms with van der Waals surface area (Å²) in [6, 6.07) is 9.84. The van der Waals surface area contributed by atoms with Crippen molar-refractivity contribution in [1.82, 2.24) is 0 Å². The molecule has 0 radical (unpaired) electrons. The molecule has 0 heterocycles. The second-order valence-electron chi connectivity index (χ2n) is 4.59. The van der Waals surface area contributed by atoms with E-state index in [-0.39, 0.29) is 11.3 Å². The molecule has 1 N–H and O–H groups in total. The molecule has 2 rings (SSSR count). The number of hydrogen-bond donors (Lipinski definition) is 1. The van der Waals surface area contributed by atoms with E-state index in [1.807, 2.05) is 6.07 Å². The van der Waals surface area contributed by atoms with E-state index in [0.717, 1.165) is 15.4 Å². The van der Waals surface area contributed by atoms with Crippen LogP contribution in [0, 0.1) is 24.0 Å². The third kappa shape index (κ3) is 3.41. The van der Waals surface area contributed by atoms with E-state index in [2.05, 4.69) is 0 Å². The lowest BCUT2D eigenvalue weighted by Crippen LogP contribution is -1.99. The molecule has 0 saturated carbocycles. The predicted octanol–water partition coefficient (Wildman–Crippen LogP) is 4.06. The van der Waals surface area contributed by atoms with Crippen LogP contribution in [0.3, 0.4) is 0 Å². The molecule has 0 aliphatic carbocycles. The average molecular weight is 303 g/mol. The Hall–Kier alpha value is -2.34. The van der Waals surface area contributed by atoms with Gasteiger partial charge in [0.1, 0.15) is 0 Å². The minimum absolute atomic E-state index is 0.0481. The quantitative estimate of drug-likeness (QED) is 0.680. The van der Waals surface area contributed by atoms with Crippen LogP contribution in [0.4, 0.5) is 5.69 Å².